The van der Waals surface area contributed by atoms with Crippen molar-refractivity contribution in [2.45, 2.75) is 45.1 Å². The number of sulfone groups is 1. The third-order valence-corrected chi connectivity index (χ3v) is 7.04. The van der Waals surface area contributed by atoms with E-state index in [0.29, 0.717) is 38.4 Å². The van der Waals surface area contributed by atoms with Gasteiger partial charge in [-0.2, -0.15) is 0 Å². The van der Waals surface area contributed by atoms with Gasteiger partial charge in [0, 0.05) is 37.4 Å². The summed E-state index contributed by atoms with van der Waals surface area (Å²) in [6.45, 7) is 2.68. The molecular formula is C19H27F3N2O3S. The second-order valence-corrected chi connectivity index (χ2v) is 9.65. The highest BCUT2D eigenvalue weighted by Gasteiger charge is 2.28. The first-order valence-electron chi connectivity index (χ1n) is 9.50. The number of hydrogen-bond donors (Lipinski definition) is 1. The molecule has 0 aromatic heterocycles. The van der Waals surface area contributed by atoms with Crippen LogP contribution in [0.5, 0.6) is 0 Å². The summed E-state index contributed by atoms with van der Waals surface area (Å²) in [4.78, 5) is 13.9. The molecule has 0 saturated carbocycles. The first-order valence-corrected chi connectivity index (χ1v) is 11.3. The SMILES string of the molecule is CCCS(=O)(=O)CCC(=O)N1CCC([C@H](N)Cc2cc(F)c(F)cc2F)CC1. The zero-order valence-corrected chi connectivity index (χ0v) is 16.8. The van der Waals surface area contributed by atoms with Gasteiger partial charge in [-0.25, -0.2) is 21.6 Å². The minimum absolute atomic E-state index is 0.0142. The number of benzene rings is 1. The number of rotatable bonds is 8. The van der Waals surface area contributed by atoms with Gasteiger partial charge in [0.2, 0.25) is 5.91 Å². The number of piperidine rings is 1. The van der Waals surface area contributed by atoms with Gasteiger partial charge < -0.3 is 10.6 Å². The summed E-state index contributed by atoms with van der Waals surface area (Å²) in [7, 11) is -3.20. The third-order valence-electron chi connectivity index (χ3n) is 5.18. The molecule has 2 rings (SSSR count). The molecule has 28 heavy (non-hydrogen) atoms. The van der Waals surface area contributed by atoms with Gasteiger partial charge >= 0.3 is 0 Å². The van der Waals surface area contributed by atoms with E-state index < -0.39 is 33.3 Å². The van der Waals surface area contributed by atoms with Crippen molar-refractivity contribution in [3.8, 4) is 0 Å². The topological polar surface area (TPSA) is 80.5 Å². The number of hydrogen-bond acceptors (Lipinski definition) is 4. The smallest absolute Gasteiger partial charge is 0.223 e. The molecule has 2 N–H and O–H groups in total. The average Bonchev–Trinajstić information content (AvgIpc) is 2.64. The molecule has 158 valence electrons. The molecule has 1 fully saturated rings. The van der Waals surface area contributed by atoms with E-state index in [-0.39, 0.29) is 41.7 Å². The number of nitrogens with two attached hydrogens (primary N) is 1. The predicted octanol–water partition coefficient (Wildman–Crippen LogP) is 2.43. The lowest BCUT2D eigenvalue weighted by molar-refractivity contribution is -0.132. The van der Waals surface area contributed by atoms with Crippen molar-refractivity contribution in [3.63, 3.8) is 0 Å². The Hall–Kier alpha value is -1.61. The molecule has 5 nitrogen and oxygen atoms in total. The monoisotopic (exact) mass is 420 g/mol. The number of carbonyl (C=O) groups excluding carboxylic acids is 1. The average molecular weight is 420 g/mol. The molecule has 9 heteroatoms. The van der Waals surface area contributed by atoms with Crippen LogP contribution in [0.2, 0.25) is 0 Å². The lowest BCUT2D eigenvalue weighted by Gasteiger charge is -2.35. The van der Waals surface area contributed by atoms with Crippen molar-refractivity contribution in [1.82, 2.24) is 4.90 Å². The Labute approximate surface area is 164 Å². The van der Waals surface area contributed by atoms with Crippen LogP contribution in [0, 0.1) is 23.4 Å². The van der Waals surface area contributed by atoms with Crippen molar-refractivity contribution >= 4 is 15.7 Å². The molecule has 1 aromatic rings. The van der Waals surface area contributed by atoms with Crippen molar-refractivity contribution in [3.05, 3.63) is 35.1 Å². The van der Waals surface area contributed by atoms with Gasteiger partial charge in [0.1, 0.15) is 5.82 Å². The van der Waals surface area contributed by atoms with Crippen LogP contribution in [0.4, 0.5) is 13.2 Å². The van der Waals surface area contributed by atoms with Crippen LogP contribution in [-0.4, -0.2) is 49.9 Å². The molecule has 0 spiro atoms. The van der Waals surface area contributed by atoms with E-state index in [1.165, 1.54) is 0 Å². The zero-order valence-electron chi connectivity index (χ0n) is 16.0. The van der Waals surface area contributed by atoms with Crippen molar-refractivity contribution in [2.24, 2.45) is 11.7 Å². The Bertz CT molecular complexity index is 794. The van der Waals surface area contributed by atoms with E-state index >= 15 is 0 Å². The van der Waals surface area contributed by atoms with Crippen LogP contribution in [0.1, 0.15) is 38.2 Å². The van der Waals surface area contributed by atoms with E-state index in [1.807, 2.05) is 0 Å². The minimum Gasteiger partial charge on any atom is -0.343 e. The number of carbonyl (C=O) groups is 1. The van der Waals surface area contributed by atoms with Crippen LogP contribution in [-0.2, 0) is 21.1 Å². The highest BCUT2D eigenvalue weighted by Crippen LogP contribution is 2.24. The van der Waals surface area contributed by atoms with E-state index in [4.69, 9.17) is 5.73 Å². The van der Waals surface area contributed by atoms with Gasteiger partial charge in [0.05, 0.1) is 5.75 Å². The zero-order chi connectivity index (χ0) is 20.9. The maximum atomic E-state index is 13.8. The number of amides is 1. The molecule has 0 radical (unpaired) electrons. The lowest BCUT2D eigenvalue weighted by Crippen LogP contribution is -2.44. The van der Waals surface area contributed by atoms with Gasteiger partial charge in [-0.1, -0.05) is 6.92 Å². The van der Waals surface area contributed by atoms with Crippen molar-refractivity contribution < 1.29 is 26.4 Å². The molecule has 0 bridgehead atoms. The van der Waals surface area contributed by atoms with Crippen LogP contribution in [0.25, 0.3) is 0 Å². The highest BCUT2D eigenvalue weighted by molar-refractivity contribution is 7.91. The second-order valence-electron chi connectivity index (χ2n) is 7.35. The van der Waals surface area contributed by atoms with Gasteiger partial charge in [-0.3, -0.25) is 4.79 Å². The Balaban J connectivity index is 1.84. The maximum Gasteiger partial charge on any atom is 0.223 e. The molecule has 1 aliphatic rings. The Kier molecular flexibility index (Phi) is 7.88. The highest BCUT2D eigenvalue weighted by atomic mass is 32.2. The van der Waals surface area contributed by atoms with Crippen LogP contribution >= 0.6 is 0 Å². The van der Waals surface area contributed by atoms with Gasteiger partial charge in [-0.15, -0.1) is 0 Å². The Morgan fingerprint density at radius 3 is 2.36 bits per heavy atom. The Morgan fingerprint density at radius 1 is 1.14 bits per heavy atom. The molecule has 1 aromatic carbocycles. The van der Waals surface area contributed by atoms with Gasteiger partial charge in [0.25, 0.3) is 0 Å². The molecule has 1 atom stereocenters. The molecule has 1 aliphatic heterocycles. The summed E-state index contributed by atoms with van der Waals surface area (Å²) >= 11 is 0. The summed E-state index contributed by atoms with van der Waals surface area (Å²) in [6, 6.07) is 0.909. The van der Waals surface area contributed by atoms with E-state index in [1.54, 1.807) is 11.8 Å². The largest absolute Gasteiger partial charge is 0.343 e. The number of halogens is 3. The van der Waals surface area contributed by atoms with E-state index in [0.717, 1.165) is 6.07 Å². The fourth-order valence-corrected chi connectivity index (χ4v) is 4.84. The van der Waals surface area contributed by atoms with E-state index in [2.05, 4.69) is 0 Å². The second kappa shape index (κ2) is 9.73. The molecule has 1 heterocycles. The number of nitrogens with zero attached hydrogens (tertiary/aromatic N) is 1. The summed E-state index contributed by atoms with van der Waals surface area (Å²) < 4.78 is 63.6. The summed E-state index contributed by atoms with van der Waals surface area (Å²) in [5.41, 5.74) is 6.18. The standard InChI is InChI=1S/C19H27F3N2O3S/c1-2-8-28(26,27)9-5-19(25)24-6-3-13(4-7-24)18(23)11-14-10-16(21)17(22)12-15(14)20/h10,12-13,18H,2-9,11,23H2,1H3/t18-/m1/s1. The molecular weight excluding hydrogens is 393 g/mol. The van der Waals surface area contributed by atoms with Gasteiger partial charge in [0.15, 0.2) is 21.5 Å². The normalized spacial score (nSPS) is 17.0. The fourth-order valence-electron chi connectivity index (χ4n) is 3.53. The van der Waals surface area contributed by atoms with Gasteiger partial charge in [-0.05, 0) is 43.2 Å². The number of likely N-dealkylation sites (tertiary alicyclic amines) is 1. The van der Waals surface area contributed by atoms with Crippen LogP contribution in [0.15, 0.2) is 12.1 Å². The summed E-state index contributed by atoms with van der Waals surface area (Å²) in [5.74, 6) is -3.41. The van der Waals surface area contributed by atoms with Crippen molar-refractivity contribution in [1.29, 1.82) is 0 Å². The third kappa shape index (κ3) is 6.20. The van der Waals surface area contributed by atoms with Crippen molar-refractivity contribution in [2.75, 3.05) is 24.6 Å². The quantitative estimate of drug-likeness (QED) is 0.655. The first kappa shape index (κ1) is 22.7. The predicted molar refractivity (Wildman–Crippen MR) is 101 cm³/mol. The van der Waals surface area contributed by atoms with Crippen LogP contribution in [0.3, 0.4) is 0 Å². The lowest BCUT2D eigenvalue weighted by atomic mass is 9.86. The summed E-state index contributed by atoms with van der Waals surface area (Å²) in [5, 5.41) is 0. The van der Waals surface area contributed by atoms with E-state index in [9.17, 15) is 26.4 Å². The molecule has 0 aliphatic carbocycles. The van der Waals surface area contributed by atoms with Crippen LogP contribution < -0.4 is 5.73 Å². The molecule has 0 unspecified atom stereocenters. The maximum absolute atomic E-state index is 13.8. The molecule has 1 amide bonds. The Morgan fingerprint density at radius 2 is 1.75 bits per heavy atom. The first-order chi connectivity index (χ1) is 13.1. The minimum atomic E-state index is -3.20. The molecule has 1 saturated heterocycles. The summed E-state index contributed by atoms with van der Waals surface area (Å²) in [6.07, 6.45) is 1.77. The fraction of sp³-hybridized carbons (Fsp3) is 0.632.